The molecule has 2 aromatic heterocycles. The average molecular weight is 509 g/mol. The molecule has 1 saturated heterocycles. The van der Waals surface area contributed by atoms with Crippen molar-refractivity contribution in [1.29, 1.82) is 5.26 Å². The normalized spacial score (nSPS) is 16.5. The summed E-state index contributed by atoms with van der Waals surface area (Å²) < 4.78 is 12.1. The third-order valence-electron chi connectivity index (χ3n) is 6.18. The van der Waals surface area contributed by atoms with Gasteiger partial charge in [0.15, 0.2) is 11.6 Å². The zero-order valence-corrected chi connectivity index (χ0v) is 20.6. The summed E-state index contributed by atoms with van der Waals surface area (Å²) in [7, 11) is 1.36. The molecule has 190 valence electrons. The van der Waals surface area contributed by atoms with Crippen molar-refractivity contribution in [2.75, 3.05) is 13.7 Å². The molecule has 0 amide bonds. The van der Waals surface area contributed by atoms with Crippen LogP contribution >= 0.6 is 0 Å². The standard InChI is InChI=1S/C28H24N6O4/c1-37-28(36)25-12-22(14-30-25)38-23-15-31-27(32-16-23)21-7-3-5-19(11-21)17-34-26(35)9-8-24(33-34)20-6-2-4-18(10-20)13-29/h2-11,15-16,22,25,30H,12,14,17H2,1H3. The molecule has 0 radical (unpaired) electrons. The van der Waals surface area contributed by atoms with E-state index in [1.165, 1.54) is 17.9 Å². The van der Waals surface area contributed by atoms with Crippen molar-refractivity contribution in [2.45, 2.75) is 25.1 Å². The van der Waals surface area contributed by atoms with Crippen molar-refractivity contribution < 1.29 is 14.3 Å². The summed E-state index contributed by atoms with van der Waals surface area (Å²) in [6.07, 6.45) is 3.53. The van der Waals surface area contributed by atoms with E-state index in [4.69, 9.17) is 9.47 Å². The van der Waals surface area contributed by atoms with E-state index in [1.807, 2.05) is 30.3 Å². The summed E-state index contributed by atoms with van der Waals surface area (Å²) in [5, 5.41) is 16.8. The van der Waals surface area contributed by atoms with Crippen LogP contribution in [0.4, 0.5) is 0 Å². The molecule has 10 heteroatoms. The predicted molar refractivity (Wildman–Crippen MR) is 138 cm³/mol. The molecule has 1 aliphatic rings. The van der Waals surface area contributed by atoms with E-state index in [9.17, 15) is 14.9 Å². The van der Waals surface area contributed by atoms with Crippen LogP contribution in [0.3, 0.4) is 0 Å². The first-order valence-corrected chi connectivity index (χ1v) is 12.0. The van der Waals surface area contributed by atoms with E-state index < -0.39 is 0 Å². The molecule has 4 aromatic rings. The molecule has 2 aromatic carbocycles. The molecule has 3 heterocycles. The summed E-state index contributed by atoms with van der Waals surface area (Å²) in [5.74, 6) is 0.716. The van der Waals surface area contributed by atoms with E-state index in [-0.39, 0.29) is 30.2 Å². The Hall–Kier alpha value is -4.88. The number of carbonyl (C=O) groups excluding carboxylic acids is 1. The number of hydrogen-bond donors (Lipinski definition) is 1. The van der Waals surface area contributed by atoms with Crippen LogP contribution in [0.15, 0.2) is 77.9 Å². The lowest BCUT2D eigenvalue weighted by molar-refractivity contribution is -0.142. The molecule has 0 saturated carbocycles. The number of esters is 1. The summed E-state index contributed by atoms with van der Waals surface area (Å²) in [6, 6.07) is 19.5. The maximum atomic E-state index is 12.5. The second kappa shape index (κ2) is 11.0. The van der Waals surface area contributed by atoms with E-state index in [1.54, 1.807) is 36.7 Å². The van der Waals surface area contributed by atoms with Crippen LogP contribution < -0.4 is 15.6 Å². The fraction of sp³-hybridized carbons (Fsp3) is 0.214. The number of rotatable bonds is 7. The smallest absolute Gasteiger partial charge is 0.323 e. The van der Waals surface area contributed by atoms with Gasteiger partial charge in [0.05, 0.1) is 43.4 Å². The summed E-state index contributed by atoms with van der Waals surface area (Å²) in [5.41, 5.74) is 3.30. The van der Waals surface area contributed by atoms with Crippen LogP contribution in [-0.2, 0) is 16.1 Å². The minimum absolute atomic E-state index is 0.180. The van der Waals surface area contributed by atoms with Gasteiger partial charge < -0.3 is 14.8 Å². The molecule has 0 bridgehead atoms. The molecular formula is C28H24N6O4. The first-order valence-electron chi connectivity index (χ1n) is 12.0. The highest BCUT2D eigenvalue weighted by molar-refractivity contribution is 5.76. The fourth-order valence-corrected chi connectivity index (χ4v) is 4.28. The Bertz CT molecular complexity index is 1560. The first-order chi connectivity index (χ1) is 18.5. The van der Waals surface area contributed by atoms with Crippen molar-refractivity contribution in [3.63, 3.8) is 0 Å². The third-order valence-corrected chi connectivity index (χ3v) is 6.18. The number of methoxy groups -OCH3 is 1. The Morgan fingerprint density at radius 1 is 1.11 bits per heavy atom. The molecule has 1 fully saturated rings. The van der Waals surface area contributed by atoms with Gasteiger partial charge >= 0.3 is 5.97 Å². The Kier molecular flexibility index (Phi) is 7.19. The van der Waals surface area contributed by atoms with Gasteiger partial charge in [-0.2, -0.15) is 10.4 Å². The molecular weight excluding hydrogens is 484 g/mol. The highest BCUT2D eigenvalue weighted by atomic mass is 16.5. The van der Waals surface area contributed by atoms with Crippen molar-refractivity contribution in [3.05, 3.63) is 94.5 Å². The van der Waals surface area contributed by atoms with Gasteiger partial charge in [-0.15, -0.1) is 0 Å². The molecule has 38 heavy (non-hydrogen) atoms. The number of benzene rings is 2. The van der Waals surface area contributed by atoms with Crippen LogP contribution in [0.1, 0.15) is 17.5 Å². The topological polar surface area (TPSA) is 132 Å². The molecule has 0 aliphatic carbocycles. The number of nitrogens with zero attached hydrogens (tertiary/aromatic N) is 5. The number of ether oxygens (including phenoxy) is 2. The lowest BCUT2D eigenvalue weighted by Crippen LogP contribution is -2.31. The Labute approximate surface area is 218 Å². The minimum Gasteiger partial charge on any atom is -0.486 e. The zero-order chi connectivity index (χ0) is 26.5. The van der Waals surface area contributed by atoms with E-state index in [2.05, 4.69) is 26.5 Å². The van der Waals surface area contributed by atoms with Crippen molar-refractivity contribution >= 4 is 5.97 Å². The third kappa shape index (κ3) is 5.58. The van der Waals surface area contributed by atoms with Gasteiger partial charge in [0.1, 0.15) is 12.1 Å². The number of nitriles is 1. The van der Waals surface area contributed by atoms with Gasteiger partial charge in [-0.1, -0.05) is 30.3 Å². The lowest BCUT2D eigenvalue weighted by Gasteiger charge is -2.12. The fourth-order valence-electron chi connectivity index (χ4n) is 4.28. The van der Waals surface area contributed by atoms with Crippen molar-refractivity contribution in [1.82, 2.24) is 25.1 Å². The van der Waals surface area contributed by atoms with E-state index in [0.29, 0.717) is 35.8 Å². The number of nitrogens with one attached hydrogen (secondary N) is 1. The van der Waals surface area contributed by atoms with Crippen LogP contribution in [0.2, 0.25) is 0 Å². The largest absolute Gasteiger partial charge is 0.486 e. The highest BCUT2D eigenvalue weighted by Crippen LogP contribution is 2.21. The van der Waals surface area contributed by atoms with Gasteiger partial charge in [0, 0.05) is 30.2 Å². The van der Waals surface area contributed by atoms with Crippen LogP contribution in [-0.4, -0.2) is 51.5 Å². The van der Waals surface area contributed by atoms with Gasteiger partial charge in [-0.05, 0) is 29.8 Å². The van der Waals surface area contributed by atoms with E-state index in [0.717, 1.165) is 16.7 Å². The minimum atomic E-state index is -0.377. The quantitative estimate of drug-likeness (QED) is 0.374. The van der Waals surface area contributed by atoms with E-state index >= 15 is 0 Å². The van der Waals surface area contributed by atoms with Crippen LogP contribution in [0.25, 0.3) is 22.6 Å². The van der Waals surface area contributed by atoms with Crippen molar-refractivity contribution in [2.24, 2.45) is 0 Å². The van der Waals surface area contributed by atoms with Gasteiger partial charge in [-0.3, -0.25) is 9.59 Å². The molecule has 1 aliphatic heterocycles. The average Bonchev–Trinajstić information content (AvgIpc) is 3.43. The maximum Gasteiger partial charge on any atom is 0.323 e. The Morgan fingerprint density at radius 3 is 2.68 bits per heavy atom. The molecule has 2 unspecified atom stereocenters. The number of hydrogen-bond acceptors (Lipinski definition) is 9. The summed E-state index contributed by atoms with van der Waals surface area (Å²) in [4.78, 5) is 33.1. The zero-order valence-electron chi connectivity index (χ0n) is 20.6. The number of carbonyl (C=O) groups is 1. The van der Waals surface area contributed by atoms with Crippen molar-refractivity contribution in [3.8, 4) is 34.5 Å². The second-order valence-corrected chi connectivity index (χ2v) is 8.81. The van der Waals surface area contributed by atoms with Gasteiger partial charge in [-0.25, -0.2) is 14.6 Å². The maximum absolute atomic E-state index is 12.5. The molecule has 2 atom stereocenters. The highest BCUT2D eigenvalue weighted by Gasteiger charge is 2.31. The predicted octanol–water partition coefficient (Wildman–Crippen LogP) is 2.57. The van der Waals surface area contributed by atoms with Crippen LogP contribution in [0, 0.1) is 11.3 Å². The van der Waals surface area contributed by atoms with Crippen LogP contribution in [0.5, 0.6) is 5.75 Å². The van der Waals surface area contributed by atoms with Gasteiger partial charge in [0.25, 0.3) is 5.56 Å². The SMILES string of the molecule is COC(=O)C1CC(Oc2cnc(-c3cccc(Cn4nc(-c5cccc(C#N)c5)ccc4=O)c3)nc2)CN1. The molecule has 0 spiro atoms. The molecule has 1 N–H and O–H groups in total. The number of aromatic nitrogens is 4. The van der Waals surface area contributed by atoms with Gasteiger partial charge in [0.2, 0.25) is 0 Å². The summed E-state index contributed by atoms with van der Waals surface area (Å²) >= 11 is 0. The second-order valence-electron chi connectivity index (χ2n) is 8.81. The molecule has 10 nitrogen and oxygen atoms in total. The molecule has 5 rings (SSSR count). The first kappa shape index (κ1) is 24.8. The Balaban J connectivity index is 1.29. The lowest BCUT2D eigenvalue weighted by atomic mass is 10.1. The Morgan fingerprint density at radius 2 is 1.89 bits per heavy atom. The monoisotopic (exact) mass is 508 g/mol. The summed E-state index contributed by atoms with van der Waals surface area (Å²) in [6.45, 7) is 0.789.